The summed E-state index contributed by atoms with van der Waals surface area (Å²) in [4.78, 5) is 0. The van der Waals surface area contributed by atoms with Gasteiger partial charge in [-0.2, -0.15) is 0 Å². The van der Waals surface area contributed by atoms with E-state index < -0.39 is 20.6 Å². The van der Waals surface area contributed by atoms with Crippen LogP contribution in [0, 0.1) is 0 Å². The van der Waals surface area contributed by atoms with Gasteiger partial charge in [0, 0.05) is 16.4 Å². The molecule has 0 spiro atoms. The Morgan fingerprint density at radius 2 is 2.25 bits per heavy atom. The molecule has 0 radical (unpaired) electrons. The molecule has 1 aromatic carbocycles. The van der Waals surface area contributed by atoms with Crippen LogP contribution in [0.5, 0.6) is 0 Å². The summed E-state index contributed by atoms with van der Waals surface area (Å²) in [5.74, 6) is 0. The van der Waals surface area contributed by atoms with E-state index >= 15 is 0 Å². The van der Waals surface area contributed by atoms with Gasteiger partial charge in [0.25, 0.3) is 0 Å². The number of nitrogens with one attached hydrogen (secondary N) is 1. The zero-order valence-electron chi connectivity index (χ0n) is 11.1. The minimum absolute atomic E-state index is 0.217. The smallest absolute Gasteiger partial charge is 0.152 e. The fourth-order valence-corrected chi connectivity index (χ4v) is 5.05. The first-order valence-electron chi connectivity index (χ1n) is 6.31. The number of aliphatic hydroxyl groups excluding tert-OH is 1. The zero-order chi connectivity index (χ0) is 15.0. The van der Waals surface area contributed by atoms with Crippen LogP contribution in [0.4, 0.5) is 5.69 Å². The second-order valence-corrected chi connectivity index (χ2v) is 8.77. The van der Waals surface area contributed by atoms with Crippen LogP contribution in [-0.2, 0) is 9.84 Å². The van der Waals surface area contributed by atoms with Crippen molar-refractivity contribution < 1.29 is 13.5 Å². The molecular weight excluding hydrogens is 366 g/mol. The highest BCUT2D eigenvalue weighted by atomic mass is 79.9. The van der Waals surface area contributed by atoms with Crippen LogP contribution < -0.4 is 5.32 Å². The Labute approximate surface area is 132 Å². The number of hydrogen-bond donors (Lipinski definition) is 2. The molecule has 0 saturated heterocycles. The predicted octanol–water partition coefficient (Wildman–Crippen LogP) is 2.84. The molecule has 0 aliphatic heterocycles. The van der Waals surface area contributed by atoms with Gasteiger partial charge in [0.05, 0.1) is 22.4 Å². The summed E-state index contributed by atoms with van der Waals surface area (Å²) < 4.78 is 24.6. The van der Waals surface area contributed by atoms with E-state index in [9.17, 15) is 13.5 Å². The lowest BCUT2D eigenvalue weighted by atomic mass is 9.98. The van der Waals surface area contributed by atoms with Crippen LogP contribution >= 0.6 is 27.5 Å². The van der Waals surface area contributed by atoms with E-state index in [1.807, 2.05) is 0 Å². The van der Waals surface area contributed by atoms with Gasteiger partial charge < -0.3 is 10.4 Å². The average Bonchev–Trinajstić information content (AvgIpc) is 2.78. The molecule has 2 N–H and O–H groups in total. The molecular formula is C13H17BrClNO3S. The molecule has 2 atom stereocenters. The molecule has 20 heavy (non-hydrogen) atoms. The molecule has 1 aliphatic rings. The van der Waals surface area contributed by atoms with Crippen molar-refractivity contribution in [1.29, 1.82) is 0 Å². The van der Waals surface area contributed by atoms with Gasteiger partial charge in [-0.25, -0.2) is 8.42 Å². The zero-order valence-corrected chi connectivity index (χ0v) is 14.2. The second kappa shape index (κ2) is 5.83. The van der Waals surface area contributed by atoms with Crippen LogP contribution in [0.25, 0.3) is 0 Å². The maximum absolute atomic E-state index is 11.9. The summed E-state index contributed by atoms with van der Waals surface area (Å²) in [7, 11) is -3.22. The van der Waals surface area contributed by atoms with E-state index in [1.165, 1.54) is 6.26 Å². The number of aliphatic hydroxyl groups is 1. The fraction of sp³-hybridized carbons (Fsp3) is 0.538. The van der Waals surface area contributed by atoms with Crippen LogP contribution in [0.3, 0.4) is 0 Å². The number of anilines is 1. The third-order valence-electron chi connectivity index (χ3n) is 3.82. The number of halogens is 2. The van der Waals surface area contributed by atoms with E-state index in [2.05, 4.69) is 21.2 Å². The SMILES string of the molecule is CS(=O)(=O)C1CCCC1(CO)Nc1ccc(Cl)c(Br)c1. The average molecular weight is 383 g/mol. The summed E-state index contributed by atoms with van der Waals surface area (Å²) in [6.07, 6.45) is 3.20. The van der Waals surface area contributed by atoms with Gasteiger partial charge in [-0.05, 0) is 53.4 Å². The van der Waals surface area contributed by atoms with Gasteiger partial charge in [0.1, 0.15) is 0 Å². The summed E-state index contributed by atoms with van der Waals surface area (Å²) in [5.41, 5.74) is -0.0770. The van der Waals surface area contributed by atoms with Gasteiger partial charge in [-0.3, -0.25) is 0 Å². The van der Waals surface area contributed by atoms with Crippen molar-refractivity contribution in [3.05, 3.63) is 27.7 Å². The van der Waals surface area contributed by atoms with Crippen LogP contribution in [0.2, 0.25) is 5.02 Å². The van der Waals surface area contributed by atoms with Crippen LogP contribution in [0.1, 0.15) is 19.3 Å². The Morgan fingerprint density at radius 1 is 1.55 bits per heavy atom. The quantitative estimate of drug-likeness (QED) is 0.840. The Hall–Kier alpha value is -0.300. The van der Waals surface area contributed by atoms with E-state index in [1.54, 1.807) is 18.2 Å². The lowest BCUT2D eigenvalue weighted by molar-refractivity contribution is 0.215. The molecule has 0 heterocycles. The Bertz CT molecular complexity index is 608. The number of hydrogen-bond acceptors (Lipinski definition) is 4. The molecule has 2 unspecified atom stereocenters. The highest BCUT2D eigenvalue weighted by Gasteiger charge is 2.47. The van der Waals surface area contributed by atoms with Crippen molar-refractivity contribution in [2.45, 2.75) is 30.1 Å². The summed E-state index contributed by atoms with van der Waals surface area (Å²) in [5, 5.41) is 13.0. The van der Waals surface area contributed by atoms with Crippen LogP contribution in [0.15, 0.2) is 22.7 Å². The molecule has 2 rings (SSSR count). The topological polar surface area (TPSA) is 66.4 Å². The monoisotopic (exact) mass is 381 g/mol. The molecule has 0 aromatic heterocycles. The van der Waals surface area contributed by atoms with Crippen molar-refractivity contribution in [2.75, 3.05) is 18.2 Å². The molecule has 1 saturated carbocycles. The van der Waals surface area contributed by atoms with Crippen molar-refractivity contribution in [2.24, 2.45) is 0 Å². The van der Waals surface area contributed by atoms with Crippen LogP contribution in [-0.4, -0.2) is 37.2 Å². The Morgan fingerprint density at radius 3 is 2.80 bits per heavy atom. The van der Waals surface area contributed by atoms with Crippen molar-refractivity contribution in [3.8, 4) is 0 Å². The fourth-order valence-electron chi connectivity index (χ4n) is 2.89. The van der Waals surface area contributed by atoms with Crippen molar-refractivity contribution >= 4 is 43.1 Å². The van der Waals surface area contributed by atoms with E-state index in [0.717, 1.165) is 16.6 Å². The molecule has 1 aromatic rings. The molecule has 0 bridgehead atoms. The summed E-state index contributed by atoms with van der Waals surface area (Å²) in [6, 6.07) is 5.29. The van der Waals surface area contributed by atoms with Gasteiger partial charge in [-0.1, -0.05) is 11.6 Å². The lowest BCUT2D eigenvalue weighted by Crippen LogP contribution is -2.51. The van der Waals surface area contributed by atoms with Gasteiger partial charge >= 0.3 is 0 Å². The highest BCUT2D eigenvalue weighted by Crippen LogP contribution is 2.38. The summed E-state index contributed by atoms with van der Waals surface area (Å²) in [6.45, 7) is -0.217. The molecule has 0 amide bonds. The van der Waals surface area contributed by atoms with E-state index in [4.69, 9.17) is 11.6 Å². The maximum Gasteiger partial charge on any atom is 0.152 e. The highest BCUT2D eigenvalue weighted by molar-refractivity contribution is 9.10. The molecule has 7 heteroatoms. The van der Waals surface area contributed by atoms with E-state index in [0.29, 0.717) is 17.9 Å². The first-order chi connectivity index (χ1) is 9.28. The van der Waals surface area contributed by atoms with Crippen molar-refractivity contribution in [1.82, 2.24) is 0 Å². The Kier molecular flexibility index (Phi) is 4.69. The molecule has 4 nitrogen and oxygen atoms in total. The van der Waals surface area contributed by atoms with Gasteiger partial charge in [0.15, 0.2) is 9.84 Å². The lowest BCUT2D eigenvalue weighted by Gasteiger charge is -2.35. The van der Waals surface area contributed by atoms with Gasteiger partial charge in [-0.15, -0.1) is 0 Å². The molecule has 1 fully saturated rings. The molecule has 1 aliphatic carbocycles. The third-order valence-corrected chi connectivity index (χ3v) is 6.75. The number of benzene rings is 1. The second-order valence-electron chi connectivity index (χ2n) is 5.28. The van der Waals surface area contributed by atoms with Gasteiger partial charge in [0.2, 0.25) is 0 Å². The van der Waals surface area contributed by atoms with E-state index in [-0.39, 0.29) is 6.61 Å². The number of sulfone groups is 1. The maximum atomic E-state index is 11.9. The standard InChI is InChI=1S/C13H17BrClNO3S/c1-20(18,19)12-3-2-6-13(12,8-17)16-9-4-5-11(15)10(14)7-9/h4-5,7,12,16-17H,2-3,6,8H2,1H3. The minimum atomic E-state index is -3.22. The largest absolute Gasteiger partial charge is 0.394 e. The Balaban J connectivity index is 2.34. The molecule has 112 valence electrons. The normalized spacial score (nSPS) is 26.7. The first-order valence-corrected chi connectivity index (χ1v) is 9.44. The summed E-state index contributed by atoms with van der Waals surface area (Å²) >= 11 is 9.28. The number of rotatable bonds is 4. The first kappa shape index (κ1) is 16.1. The minimum Gasteiger partial charge on any atom is -0.394 e. The predicted molar refractivity (Wildman–Crippen MR) is 85.1 cm³/mol. The van der Waals surface area contributed by atoms with Crippen molar-refractivity contribution in [3.63, 3.8) is 0 Å². The third kappa shape index (κ3) is 3.13.